The van der Waals surface area contributed by atoms with Crippen molar-refractivity contribution in [3.63, 3.8) is 0 Å². The molecule has 1 atom stereocenters. The lowest BCUT2D eigenvalue weighted by atomic mass is 10.1. The van der Waals surface area contributed by atoms with E-state index in [1.165, 1.54) is 12.0 Å². The average molecular weight is 302 g/mol. The topological polar surface area (TPSA) is 47.7 Å². The van der Waals surface area contributed by atoms with Crippen molar-refractivity contribution in [1.82, 2.24) is 10.1 Å². The third-order valence-electron chi connectivity index (χ3n) is 4.18. The third-order valence-corrected chi connectivity index (χ3v) is 4.18. The van der Waals surface area contributed by atoms with Crippen molar-refractivity contribution in [2.24, 2.45) is 0 Å². The number of aromatic nitrogens is 1. The maximum Gasteiger partial charge on any atom is 0.161 e. The normalized spacial score (nSPS) is 18.6. The molecule has 118 valence electrons. The zero-order valence-electron chi connectivity index (χ0n) is 13.3. The van der Waals surface area contributed by atoms with Crippen LogP contribution in [0.4, 0.5) is 0 Å². The first-order chi connectivity index (χ1) is 10.7. The first-order valence-corrected chi connectivity index (χ1v) is 7.59. The summed E-state index contributed by atoms with van der Waals surface area (Å²) in [6.07, 6.45) is 2.31. The molecule has 0 radical (unpaired) electrons. The second kappa shape index (κ2) is 6.40. The van der Waals surface area contributed by atoms with Crippen LogP contribution >= 0.6 is 0 Å². The Morgan fingerprint density at radius 1 is 1.23 bits per heavy atom. The van der Waals surface area contributed by atoms with Crippen molar-refractivity contribution in [3.05, 3.63) is 41.3 Å². The van der Waals surface area contributed by atoms with Crippen molar-refractivity contribution in [2.75, 3.05) is 20.8 Å². The Balaban J connectivity index is 1.77. The summed E-state index contributed by atoms with van der Waals surface area (Å²) in [5.74, 6) is 2.40. The maximum atomic E-state index is 5.39. The quantitative estimate of drug-likeness (QED) is 0.848. The average Bonchev–Trinajstić information content (AvgIpc) is 3.15. The number of ether oxygens (including phenoxy) is 2. The standard InChI is InChI=1S/C17H22N2O3/c1-12-9-14(18-22-12)15-5-4-8-19(15)11-13-6-7-16(20-2)17(10-13)21-3/h6-7,9-10,15H,4-5,8,11H2,1-3H3/t15-/m1/s1. The second-order valence-corrected chi connectivity index (χ2v) is 5.68. The number of benzene rings is 1. The van der Waals surface area contributed by atoms with Gasteiger partial charge in [-0.15, -0.1) is 0 Å². The number of hydrogen-bond donors (Lipinski definition) is 0. The first-order valence-electron chi connectivity index (χ1n) is 7.59. The molecule has 1 aliphatic heterocycles. The summed E-state index contributed by atoms with van der Waals surface area (Å²) in [5.41, 5.74) is 2.25. The molecule has 1 saturated heterocycles. The van der Waals surface area contributed by atoms with Crippen LogP contribution in [0.5, 0.6) is 11.5 Å². The minimum atomic E-state index is 0.338. The molecule has 0 unspecified atom stereocenters. The van der Waals surface area contributed by atoms with Gasteiger partial charge in [-0.1, -0.05) is 11.2 Å². The van der Waals surface area contributed by atoms with Gasteiger partial charge in [0.15, 0.2) is 11.5 Å². The van der Waals surface area contributed by atoms with E-state index in [2.05, 4.69) is 16.1 Å². The SMILES string of the molecule is COc1ccc(CN2CCC[C@@H]2c2cc(C)on2)cc1OC. The molecule has 0 N–H and O–H groups in total. The van der Waals surface area contributed by atoms with Crippen molar-refractivity contribution in [3.8, 4) is 11.5 Å². The van der Waals surface area contributed by atoms with E-state index < -0.39 is 0 Å². The molecule has 3 rings (SSSR count). The van der Waals surface area contributed by atoms with Crippen molar-refractivity contribution in [1.29, 1.82) is 0 Å². The molecule has 1 aliphatic rings. The fraction of sp³-hybridized carbons (Fsp3) is 0.471. The summed E-state index contributed by atoms with van der Waals surface area (Å²) in [6.45, 7) is 3.88. The van der Waals surface area contributed by atoms with Crippen LogP contribution in [0.15, 0.2) is 28.8 Å². The van der Waals surface area contributed by atoms with Gasteiger partial charge < -0.3 is 14.0 Å². The van der Waals surface area contributed by atoms with E-state index in [0.29, 0.717) is 6.04 Å². The van der Waals surface area contributed by atoms with Crippen LogP contribution in [-0.2, 0) is 6.54 Å². The number of methoxy groups -OCH3 is 2. The van der Waals surface area contributed by atoms with Gasteiger partial charge in [0.25, 0.3) is 0 Å². The Bertz CT molecular complexity index is 639. The highest BCUT2D eigenvalue weighted by Gasteiger charge is 2.28. The lowest BCUT2D eigenvalue weighted by Crippen LogP contribution is -2.23. The van der Waals surface area contributed by atoms with Gasteiger partial charge in [-0.25, -0.2) is 0 Å². The van der Waals surface area contributed by atoms with Gasteiger partial charge in [-0.3, -0.25) is 4.90 Å². The van der Waals surface area contributed by atoms with Gasteiger partial charge in [0.2, 0.25) is 0 Å². The van der Waals surface area contributed by atoms with Gasteiger partial charge in [0, 0.05) is 12.6 Å². The molecule has 1 aromatic carbocycles. The Kier molecular flexibility index (Phi) is 4.34. The van der Waals surface area contributed by atoms with Crippen molar-refractivity contribution >= 4 is 0 Å². The largest absolute Gasteiger partial charge is 0.493 e. The molecule has 1 fully saturated rings. The zero-order chi connectivity index (χ0) is 15.5. The summed E-state index contributed by atoms with van der Waals surface area (Å²) in [6, 6.07) is 8.47. The highest BCUT2D eigenvalue weighted by Crippen LogP contribution is 2.34. The van der Waals surface area contributed by atoms with Crippen LogP contribution in [0, 0.1) is 6.92 Å². The molecule has 2 aromatic rings. The lowest BCUT2D eigenvalue weighted by Gasteiger charge is -2.23. The minimum Gasteiger partial charge on any atom is -0.493 e. The molecule has 5 nitrogen and oxygen atoms in total. The summed E-state index contributed by atoms with van der Waals surface area (Å²) < 4.78 is 15.9. The van der Waals surface area contributed by atoms with Gasteiger partial charge in [-0.2, -0.15) is 0 Å². The van der Waals surface area contributed by atoms with E-state index in [0.717, 1.165) is 42.5 Å². The number of aryl methyl sites for hydroxylation is 1. The smallest absolute Gasteiger partial charge is 0.161 e. The molecule has 22 heavy (non-hydrogen) atoms. The number of rotatable bonds is 5. The first kappa shape index (κ1) is 14.9. The van der Waals surface area contributed by atoms with E-state index in [-0.39, 0.29) is 0 Å². The molecular weight excluding hydrogens is 280 g/mol. The van der Waals surface area contributed by atoms with E-state index in [9.17, 15) is 0 Å². The van der Waals surface area contributed by atoms with Crippen LogP contribution in [0.25, 0.3) is 0 Å². The van der Waals surface area contributed by atoms with Crippen LogP contribution in [0.1, 0.15) is 35.9 Å². The molecule has 2 heterocycles. The zero-order valence-corrected chi connectivity index (χ0v) is 13.3. The number of nitrogens with zero attached hydrogens (tertiary/aromatic N) is 2. The van der Waals surface area contributed by atoms with Gasteiger partial charge in [0.05, 0.1) is 20.3 Å². The summed E-state index contributed by atoms with van der Waals surface area (Å²) in [5, 5.41) is 4.19. The van der Waals surface area contributed by atoms with Crippen molar-refractivity contribution in [2.45, 2.75) is 32.4 Å². The molecule has 0 bridgehead atoms. The molecular formula is C17H22N2O3. The van der Waals surface area contributed by atoms with Gasteiger partial charge >= 0.3 is 0 Å². The van der Waals surface area contributed by atoms with E-state index in [1.807, 2.05) is 25.1 Å². The predicted octanol–water partition coefficient (Wildman–Crippen LogP) is 3.34. The molecule has 5 heteroatoms. The van der Waals surface area contributed by atoms with Crippen LogP contribution in [0.3, 0.4) is 0 Å². The molecule has 1 aromatic heterocycles. The highest BCUT2D eigenvalue weighted by atomic mass is 16.5. The lowest BCUT2D eigenvalue weighted by molar-refractivity contribution is 0.236. The molecule has 0 saturated carbocycles. The monoisotopic (exact) mass is 302 g/mol. The van der Waals surface area contributed by atoms with Crippen LogP contribution in [-0.4, -0.2) is 30.8 Å². The summed E-state index contributed by atoms with van der Waals surface area (Å²) in [7, 11) is 3.32. The van der Waals surface area contributed by atoms with Crippen LogP contribution < -0.4 is 9.47 Å². The second-order valence-electron chi connectivity index (χ2n) is 5.68. The van der Waals surface area contributed by atoms with E-state index in [1.54, 1.807) is 14.2 Å². The molecule has 0 spiro atoms. The Labute approximate surface area is 130 Å². The third kappa shape index (κ3) is 2.95. The van der Waals surface area contributed by atoms with E-state index in [4.69, 9.17) is 14.0 Å². The number of hydrogen-bond acceptors (Lipinski definition) is 5. The summed E-state index contributed by atoms with van der Waals surface area (Å²) in [4.78, 5) is 2.44. The Hall–Kier alpha value is -2.01. The Morgan fingerprint density at radius 2 is 2.05 bits per heavy atom. The fourth-order valence-corrected chi connectivity index (χ4v) is 3.11. The Morgan fingerprint density at radius 3 is 2.73 bits per heavy atom. The van der Waals surface area contributed by atoms with Crippen LogP contribution in [0.2, 0.25) is 0 Å². The summed E-state index contributed by atoms with van der Waals surface area (Å²) >= 11 is 0. The van der Waals surface area contributed by atoms with Crippen molar-refractivity contribution < 1.29 is 14.0 Å². The molecule has 0 amide bonds. The fourth-order valence-electron chi connectivity index (χ4n) is 3.11. The number of likely N-dealkylation sites (tertiary alicyclic amines) is 1. The predicted molar refractivity (Wildman–Crippen MR) is 83.2 cm³/mol. The maximum absolute atomic E-state index is 5.39. The van der Waals surface area contributed by atoms with Gasteiger partial charge in [-0.05, 0) is 44.0 Å². The molecule has 0 aliphatic carbocycles. The van der Waals surface area contributed by atoms with Gasteiger partial charge in [0.1, 0.15) is 11.5 Å². The highest BCUT2D eigenvalue weighted by molar-refractivity contribution is 5.42. The van der Waals surface area contributed by atoms with E-state index >= 15 is 0 Å². The minimum absolute atomic E-state index is 0.338.